The van der Waals surface area contributed by atoms with Crippen molar-refractivity contribution in [2.45, 2.75) is 12.7 Å². The normalized spacial score (nSPS) is 12.5. The van der Waals surface area contributed by atoms with E-state index in [2.05, 4.69) is 117 Å². The lowest BCUT2D eigenvalue weighted by Crippen LogP contribution is -3.00. The van der Waals surface area contributed by atoms with Gasteiger partial charge in [-0.25, -0.2) is 0 Å². The highest BCUT2D eigenvalue weighted by molar-refractivity contribution is 7.96. The van der Waals surface area contributed by atoms with Gasteiger partial charge in [0.15, 0.2) is 0 Å². The maximum absolute atomic E-state index is 2.36. The number of hydrogen-bond acceptors (Lipinski definition) is 1. The van der Waals surface area contributed by atoms with Crippen LogP contribution in [-0.2, 0) is 0 Å². The Labute approximate surface area is 162 Å². The third-order valence-corrected chi connectivity index (χ3v) is 9.72. The van der Waals surface area contributed by atoms with Crippen molar-refractivity contribution in [2.24, 2.45) is 0 Å². The molecule has 0 aliphatic carbocycles. The predicted molar refractivity (Wildman–Crippen MR) is 108 cm³/mol. The van der Waals surface area contributed by atoms with Gasteiger partial charge < -0.3 is 17.0 Å². The van der Waals surface area contributed by atoms with Crippen LogP contribution in [0.15, 0.2) is 91.0 Å². The standard InChI is InChI=1S/C22H25NP.BrH/c1-19(23(2)3)24(20-13-7-4-8-14-20,21-15-9-5-10-16-21)22-17-11-6-12-18-22;/h4-19H,1-3H3;1H/q+1;/p-1. The Kier molecular flexibility index (Phi) is 6.95. The van der Waals surface area contributed by atoms with Crippen molar-refractivity contribution in [3.05, 3.63) is 91.0 Å². The first-order valence-corrected chi connectivity index (χ1v) is 10.2. The van der Waals surface area contributed by atoms with Crippen molar-refractivity contribution < 1.29 is 17.0 Å². The van der Waals surface area contributed by atoms with Crippen molar-refractivity contribution >= 4 is 23.2 Å². The minimum atomic E-state index is -1.77. The lowest BCUT2D eigenvalue weighted by atomic mass is 10.4. The highest BCUT2D eigenvalue weighted by Gasteiger charge is 2.51. The quantitative estimate of drug-likeness (QED) is 0.561. The van der Waals surface area contributed by atoms with Crippen LogP contribution in [0.4, 0.5) is 0 Å². The van der Waals surface area contributed by atoms with Gasteiger partial charge in [-0.3, -0.25) is 4.90 Å². The molecule has 0 N–H and O–H groups in total. The molecule has 130 valence electrons. The average molecular weight is 414 g/mol. The number of rotatable bonds is 5. The van der Waals surface area contributed by atoms with Gasteiger partial charge in [-0.15, -0.1) is 0 Å². The molecule has 3 aromatic carbocycles. The summed E-state index contributed by atoms with van der Waals surface area (Å²) in [5.41, 5.74) is 0. The highest BCUT2D eigenvalue weighted by Crippen LogP contribution is 2.59. The summed E-state index contributed by atoms with van der Waals surface area (Å²) < 4.78 is 0. The SMILES string of the molecule is CC(N(C)C)[P+](c1ccccc1)(c1ccccc1)c1ccccc1.[Br-]. The fourth-order valence-corrected chi connectivity index (χ4v) is 8.24. The van der Waals surface area contributed by atoms with Crippen molar-refractivity contribution in [3.8, 4) is 0 Å². The van der Waals surface area contributed by atoms with Crippen LogP contribution >= 0.6 is 7.26 Å². The van der Waals surface area contributed by atoms with E-state index < -0.39 is 7.26 Å². The first kappa shape index (κ1) is 19.8. The Balaban J connectivity index is 0.00000225. The van der Waals surface area contributed by atoms with Crippen molar-refractivity contribution in [1.82, 2.24) is 4.90 Å². The van der Waals surface area contributed by atoms with Gasteiger partial charge in [0.25, 0.3) is 0 Å². The second-order valence-electron chi connectivity index (χ2n) is 6.32. The second-order valence-corrected chi connectivity index (χ2v) is 10.1. The van der Waals surface area contributed by atoms with Crippen LogP contribution in [-0.4, -0.2) is 24.8 Å². The molecule has 0 radical (unpaired) electrons. The summed E-state index contributed by atoms with van der Waals surface area (Å²) in [5, 5.41) is 4.30. The minimum Gasteiger partial charge on any atom is -1.00 e. The van der Waals surface area contributed by atoms with Gasteiger partial charge in [0.2, 0.25) is 0 Å². The Morgan fingerprint density at radius 3 is 1.12 bits per heavy atom. The van der Waals surface area contributed by atoms with Crippen molar-refractivity contribution in [3.63, 3.8) is 0 Å². The molecule has 0 spiro atoms. The second kappa shape index (κ2) is 8.76. The zero-order valence-corrected chi connectivity index (χ0v) is 17.5. The highest BCUT2D eigenvalue weighted by atomic mass is 79.9. The summed E-state index contributed by atoms with van der Waals surface area (Å²) in [4.78, 5) is 2.36. The van der Waals surface area contributed by atoms with Crippen LogP contribution < -0.4 is 32.9 Å². The van der Waals surface area contributed by atoms with Gasteiger partial charge in [0.05, 0.1) is 0 Å². The average Bonchev–Trinajstić information content (AvgIpc) is 2.65. The van der Waals surface area contributed by atoms with E-state index in [9.17, 15) is 0 Å². The third kappa shape index (κ3) is 3.72. The maximum Gasteiger partial charge on any atom is 0.133 e. The summed E-state index contributed by atoms with van der Waals surface area (Å²) in [6.45, 7) is 2.36. The molecule has 3 rings (SSSR count). The minimum absolute atomic E-state index is 0. The van der Waals surface area contributed by atoms with Crippen LogP contribution in [0.1, 0.15) is 6.92 Å². The molecule has 0 aromatic heterocycles. The van der Waals surface area contributed by atoms with E-state index in [0.29, 0.717) is 5.78 Å². The fourth-order valence-electron chi connectivity index (χ4n) is 3.43. The Morgan fingerprint density at radius 2 is 0.880 bits per heavy atom. The number of nitrogens with zero attached hydrogens (tertiary/aromatic N) is 1. The first-order valence-electron chi connectivity index (χ1n) is 8.39. The summed E-state index contributed by atoms with van der Waals surface area (Å²) in [6, 6.07) is 33.1. The molecule has 3 aromatic rings. The molecule has 0 aliphatic rings. The Morgan fingerprint density at radius 1 is 0.600 bits per heavy atom. The number of hydrogen-bond donors (Lipinski definition) is 0. The predicted octanol–water partition coefficient (Wildman–Crippen LogP) is 0.892. The third-order valence-electron chi connectivity index (χ3n) is 4.80. The molecule has 0 heterocycles. The molecule has 0 saturated carbocycles. The van der Waals surface area contributed by atoms with E-state index in [1.165, 1.54) is 15.9 Å². The van der Waals surface area contributed by atoms with E-state index in [-0.39, 0.29) is 17.0 Å². The van der Waals surface area contributed by atoms with E-state index in [4.69, 9.17) is 0 Å². The van der Waals surface area contributed by atoms with Gasteiger partial charge in [0.1, 0.15) is 29.0 Å². The van der Waals surface area contributed by atoms with Crippen LogP contribution in [0, 0.1) is 0 Å². The molecular formula is C22H25BrNP. The number of benzene rings is 3. The molecule has 1 atom stereocenters. The van der Waals surface area contributed by atoms with E-state index in [1.54, 1.807) is 0 Å². The van der Waals surface area contributed by atoms with E-state index >= 15 is 0 Å². The van der Waals surface area contributed by atoms with Crippen LogP contribution in [0.25, 0.3) is 0 Å². The molecule has 0 amide bonds. The summed E-state index contributed by atoms with van der Waals surface area (Å²) in [5.74, 6) is 0.407. The zero-order chi connectivity index (χ0) is 17.0. The largest absolute Gasteiger partial charge is 1.00 e. The fraction of sp³-hybridized carbons (Fsp3) is 0.182. The molecular weight excluding hydrogens is 389 g/mol. The van der Waals surface area contributed by atoms with Crippen molar-refractivity contribution in [2.75, 3.05) is 14.1 Å². The number of halogens is 1. The molecule has 25 heavy (non-hydrogen) atoms. The molecule has 3 heteroatoms. The van der Waals surface area contributed by atoms with Gasteiger partial charge in [-0.05, 0) is 57.4 Å². The maximum atomic E-state index is 2.36. The van der Waals surface area contributed by atoms with Crippen LogP contribution in [0.5, 0.6) is 0 Å². The van der Waals surface area contributed by atoms with E-state index in [0.717, 1.165) is 0 Å². The molecule has 0 bridgehead atoms. The molecule has 0 fully saturated rings. The Bertz CT molecular complexity index is 663. The summed E-state index contributed by atoms with van der Waals surface area (Å²) in [7, 11) is 2.60. The molecule has 0 saturated heterocycles. The van der Waals surface area contributed by atoms with Gasteiger partial charge in [-0.2, -0.15) is 0 Å². The molecule has 0 aliphatic heterocycles. The van der Waals surface area contributed by atoms with Crippen LogP contribution in [0.2, 0.25) is 0 Å². The zero-order valence-electron chi connectivity index (χ0n) is 15.0. The lowest BCUT2D eigenvalue weighted by molar-refractivity contribution is -0.00000482. The monoisotopic (exact) mass is 413 g/mol. The van der Waals surface area contributed by atoms with Crippen LogP contribution in [0.3, 0.4) is 0 Å². The smallest absolute Gasteiger partial charge is 0.133 e. The van der Waals surface area contributed by atoms with Gasteiger partial charge in [0, 0.05) is 0 Å². The lowest BCUT2D eigenvalue weighted by Gasteiger charge is -2.36. The first-order chi connectivity index (χ1) is 11.7. The topological polar surface area (TPSA) is 3.24 Å². The van der Waals surface area contributed by atoms with Gasteiger partial charge in [-0.1, -0.05) is 54.6 Å². The molecule has 1 nitrogen and oxygen atoms in total. The van der Waals surface area contributed by atoms with Crippen molar-refractivity contribution in [1.29, 1.82) is 0 Å². The van der Waals surface area contributed by atoms with Gasteiger partial charge >= 0.3 is 0 Å². The van der Waals surface area contributed by atoms with E-state index in [1.807, 2.05) is 0 Å². The summed E-state index contributed by atoms with van der Waals surface area (Å²) >= 11 is 0. The molecule has 1 unspecified atom stereocenters. The summed E-state index contributed by atoms with van der Waals surface area (Å²) in [6.07, 6.45) is 0. The Hall–Kier alpha value is -1.47.